The maximum Gasteiger partial charge on any atom is 0.246 e. The Morgan fingerprint density at radius 1 is 1.47 bits per heavy atom. The molecule has 0 saturated carbocycles. The largest absolute Gasteiger partial charge is 0.342 e. The lowest BCUT2D eigenvalue weighted by molar-refractivity contribution is -0.154. The van der Waals surface area contributed by atoms with E-state index in [1.165, 1.54) is 0 Å². The fourth-order valence-corrected chi connectivity index (χ4v) is 2.06. The Morgan fingerprint density at radius 3 is 2.53 bits per heavy atom. The molecule has 0 radical (unpaired) electrons. The minimum Gasteiger partial charge on any atom is -0.342 e. The molecule has 1 saturated heterocycles. The Labute approximate surface area is 103 Å². The van der Waals surface area contributed by atoms with E-state index in [-0.39, 0.29) is 11.8 Å². The van der Waals surface area contributed by atoms with Crippen LogP contribution < -0.4 is 5.32 Å². The molecule has 4 heteroatoms. The van der Waals surface area contributed by atoms with Crippen molar-refractivity contribution in [3.8, 4) is 0 Å². The van der Waals surface area contributed by atoms with Gasteiger partial charge in [0.25, 0.3) is 0 Å². The summed E-state index contributed by atoms with van der Waals surface area (Å²) in [6, 6.07) is -0.393. The lowest BCUT2D eigenvalue weighted by atomic mass is 9.92. The Hall–Kier alpha value is -1.32. The van der Waals surface area contributed by atoms with E-state index in [2.05, 4.69) is 11.9 Å². The molecule has 0 bridgehead atoms. The number of nitrogens with one attached hydrogen (secondary N) is 1. The van der Waals surface area contributed by atoms with Gasteiger partial charge in [0.15, 0.2) is 0 Å². The molecule has 1 rings (SSSR count). The predicted octanol–water partition coefficient (Wildman–Crippen LogP) is 1.32. The van der Waals surface area contributed by atoms with Crippen molar-refractivity contribution in [2.24, 2.45) is 5.92 Å². The van der Waals surface area contributed by atoms with Crippen LogP contribution in [0.5, 0.6) is 0 Å². The molecular weight excluding hydrogens is 216 g/mol. The second-order valence-electron chi connectivity index (χ2n) is 5.45. The average Bonchev–Trinajstić information content (AvgIpc) is 2.21. The van der Waals surface area contributed by atoms with Crippen LogP contribution in [0.3, 0.4) is 0 Å². The molecule has 1 heterocycles. The van der Waals surface area contributed by atoms with Gasteiger partial charge in [0.2, 0.25) is 11.8 Å². The van der Waals surface area contributed by atoms with Crippen molar-refractivity contribution in [2.75, 3.05) is 6.54 Å². The maximum atomic E-state index is 12.3. The van der Waals surface area contributed by atoms with E-state index in [9.17, 15) is 9.59 Å². The van der Waals surface area contributed by atoms with Gasteiger partial charge in [-0.25, -0.2) is 0 Å². The molecule has 17 heavy (non-hydrogen) atoms. The van der Waals surface area contributed by atoms with Crippen LogP contribution in [0.1, 0.15) is 34.1 Å². The summed E-state index contributed by atoms with van der Waals surface area (Å²) in [6.45, 7) is 11.6. The van der Waals surface area contributed by atoms with Gasteiger partial charge in [0, 0.05) is 6.54 Å². The number of hydrogen-bond donors (Lipinski definition) is 1. The molecule has 96 valence electrons. The van der Waals surface area contributed by atoms with Gasteiger partial charge in [-0.05, 0) is 26.2 Å². The fraction of sp³-hybridized carbons (Fsp3) is 0.692. The van der Waals surface area contributed by atoms with Crippen molar-refractivity contribution in [3.05, 3.63) is 12.7 Å². The molecule has 0 aromatic carbocycles. The molecule has 0 spiro atoms. The van der Waals surface area contributed by atoms with Crippen LogP contribution in [0.2, 0.25) is 0 Å². The van der Waals surface area contributed by atoms with E-state index in [1.807, 2.05) is 13.8 Å². The van der Waals surface area contributed by atoms with E-state index in [4.69, 9.17) is 0 Å². The molecule has 1 aliphatic heterocycles. The van der Waals surface area contributed by atoms with E-state index in [1.54, 1.807) is 24.8 Å². The third-order valence-corrected chi connectivity index (χ3v) is 3.12. The molecule has 0 aromatic rings. The Bertz CT molecular complexity index is 334. The van der Waals surface area contributed by atoms with Crippen LogP contribution in [-0.4, -0.2) is 34.8 Å². The first-order valence-electron chi connectivity index (χ1n) is 6.04. The summed E-state index contributed by atoms with van der Waals surface area (Å²) in [5.41, 5.74) is -0.793. The zero-order valence-electron chi connectivity index (χ0n) is 11.1. The van der Waals surface area contributed by atoms with Crippen LogP contribution in [-0.2, 0) is 9.59 Å². The highest BCUT2D eigenvalue weighted by atomic mass is 16.2. The van der Waals surface area contributed by atoms with Crippen molar-refractivity contribution in [1.82, 2.24) is 10.2 Å². The maximum absolute atomic E-state index is 12.3. The lowest BCUT2D eigenvalue weighted by Gasteiger charge is -2.44. The van der Waals surface area contributed by atoms with Gasteiger partial charge in [-0.3, -0.25) is 9.59 Å². The summed E-state index contributed by atoms with van der Waals surface area (Å²) in [5, 5.41) is 2.81. The number of rotatable bonds is 4. The minimum absolute atomic E-state index is 0.0109. The standard InChI is InChI=1S/C13H22N2O2/c1-6-7-15-11(16)10(8-9(2)3)14-12(17)13(15,4)5/h6,9-10H,1,7-8H2,2-5H3,(H,14,17). The number of carbonyl (C=O) groups excluding carboxylic acids is 2. The van der Waals surface area contributed by atoms with Crippen molar-refractivity contribution >= 4 is 11.8 Å². The highest BCUT2D eigenvalue weighted by Gasteiger charge is 2.45. The summed E-state index contributed by atoms with van der Waals surface area (Å²) in [7, 11) is 0. The van der Waals surface area contributed by atoms with E-state index >= 15 is 0 Å². The van der Waals surface area contributed by atoms with E-state index in [0.29, 0.717) is 18.9 Å². The highest BCUT2D eigenvalue weighted by Crippen LogP contribution is 2.23. The second kappa shape index (κ2) is 4.90. The molecule has 0 aliphatic carbocycles. The van der Waals surface area contributed by atoms with E-state index in [0.717, 1.165) is 0 Å². The average molecular weight is 238 g/mol. The number of amides is 2. The minimum atomic E-state index is -0.793. The molecule has 4 nitrogen and oxygen atoms in total. The summed E-state index contributed by atoms with van der Waals surface area (Å²) in [5.74, 6) is 0.267. The van der Waals surface area contributed by atoms with Crippen LogP contribution in [0.15, 0.2) is 12.7 Å². The molecule has 2 amide bonds. The molecule has 1 N–H and O–H groups in total. The SMILES string of the molecule is C=CCN1C(=O)C(CC(C)C)NC(=O)C1(C)C. The first-order valence-corrected chi connectivity index (χ1v) is 6.04. The number of hydrogen-bond acceptors (Lipinski definition) is 2. The van der Waals surface area contributed by atoms with Crippen LogP contribution in [0.4, 0.5) is 0 Å². The summed E-state index contributed by atoms with van der Waals surface area (Å²) >= 11 is 0. The Morgan fingerprint density at radius 2 is 2.06 bits per heavy atom. The first-order chi connectivity index (χ1) is 7.80. The summed E-state index contributed by atoms with van der Waals surface area (Å²) < 4.78 is 0. The third-order valence-electron chi connectivity index (χ3n) is 3.12. The van der Waals surface area contributed by atoms with Crippen LogP contribution in [0.25, 0.3) is 0 Å². The molecule has 0 aromatic heterocycles. The van der Waals surface area contributed by atoms with Crippen molar-refractivity contribution < 1.29 is 9.59 Å². The Kier molecular flexibility index (Phi) is 3.96. The van der Waals surface area contributed by atoms with Gasteiger partial charge >= 0.3 is 0 Å². The van der Waals surface area contributed by atoms with Gasteiger partial charge < -0.3 is 10.2 Å². The third kappa shape index (κ3) is 2.68. The smallest absolute Gasteiger partial charge is 0.246 e. The number of piperazine rings is 1. The van der Waals surface area contributed by atoms with E-state index < -0.39 is 11.6 Å². The monoisotopic (exact) mass is 238 g/mol. The normalized spacial score (nSPS) is 23.8. The molecule has 1 atom stereocenters. The topological polar surface area (TPSA) is 49.4 Å². The highest BCUT2D eigenvalue weighted by molar-refractivity contribution is 5.99. The Balaban J connectivity index is 2.94. The summed E-state index contributed by atoms with van der Waals surface area (Å²) in [4.78, 5) is 25.9. The van der Waals surface area contributed by atoms with Crippen LogP contribution >= 0.6 is 0 Å². The zero-order valence-corrected chi connectivity index (χ0v) is 11.1. The zero-order chi connectivity index (χ0) is 13.2. The fourth-order valence-electron chi connectivity index (χ4n) is 2.06. The van der Waals surface area contributed by atoms with Gasteiger partial charge in [0.05, 0.1) is 0 Å². The molecular formula is C13H22N2O2. The van der Waals surface area contributed by atoms with Gasteiger partial charge in [-0.15, -0.1) is 6.58 Å². The first kappa shape index (κ1) is 13.7. The molecule has 1 fully saturated rings. The second-order valence-corrected chi connectivity index (χ2v) is 5.45. The van der Waals surface area contributed by atoms with Gasteiger partial charge in [-0.2, -0.15) is 0 Å². The van der Waals surface area contributed by atoms with Gasteiger partial charge in [-0.1, -0.05) is 19.9 Å². The predicted molar refractivity (Wildman–Crippen MR) is 67.4 cm³/mol. The quantitative estimate of drug-likeness (QED) is 0.751. The number of carbonyl (C=O) groups is 2. The summed E-state index contributed by atoms with van der Waals surface area (Å²) in [6.07, 6.45) is 2.33. The van der Waals surface area contributed by atoms with Crippen LogP contribution in [0, 0.1) is 5.92 Å². The number of nitrogens with zero attached hydrogens (tertiary/aromatic N) is 1. The molecule has 1 unspecified atom stereocenters. The van der Waals surface area contributed by atoms with Crippen molar-refractivity contribution in [1.29, 1.82) is 0 Å². The van der Waals surface area contributed by atoms with Crippen molar-refractivity contribution in [3.63, 3.8) is 0 Å². The molecule has 1 aliphatic rings. The van der Waals surface area contributed by atoms with Crippen molar-refractivity contribution in [2.45, 2.75) is 45.7 Å². The lowest BCUT2D eigenvalue weighted by Crippen LogP contribution is -2.68. The van der Waals surface area contributed by atoms with Gasteiger partial charge in [0.1, 0.15) is 11.6 Å².